The predicted molar refractivity (Wildman–Crippen MR) is 55.3 cm³/mol. The molecule has 0 bridgehead atoms. The molecule has 0 unspecified atom stereocenters. The fraction of sp³-hybridized carbons (Fsp3) is 0.200. The average Bonchev–Trinajstić information content (AvgIpc) is 2.28. The zero-order valence-corrected chi connectivity index (χ0v) is 8.51. The third kappa shape index (κ3) is 3.58. The highest BCUT2D eigenvalue weighted by Gasteiger charge is 2.07. The Morgan fingerprint density at radius 1 is 1.25 bits per heavy atom. The molecule has 0 aliphatic rings. The maximum absolute atomic E-state index is 11.4. The normalized spacial score (nSPS) is 9.56. The topological polar surface area (TPSA) is 105 Å². The van der Waals surface area contributed by atoms with Crippen molar-refractivity contribution in [2.45, 2.75) is 6.54 Å². The number of carbonyl (C=O) groups is 2. The van der Waals surface area contributed by atoms with E-state index in [1.54, 1.807) is 24.3 Å². The number of esters is 1. The van der Waals surface area contributed by atoms with E-state index in [9.17, 15) is 9.59 Å². The molecule has 0 heterocycles. The van der Waals surface area contributed by atoms with Crippen molar-refractivity contribution in [3.8, 4) is 0 Å². The number of ether oxygens (including phenoxy) is 2. The maximum Gasteiger partial charge on any atom is 0.407 e. The molecule has 0 radical (unpaired) electrons. The van der Waals surface area contributed by atoms with E-state index in [4.69, 9.17) is 11.5 Å². The minimum Gasteiger partial charge on any atom is -0.424 e. The van der Waals surface area contributed by atoms with Crippen LogP contribution in [0.2, 0.25) is 0 Å². The van der Waals surface area contributed by atoms with Crippen LogP contribution >= 0.6 is 0 Å². The van der Waals surface area contributed by atoms with E-state index in [1.807, 2.05) is 0 Å². The van der Waals surface area contributed by atoms with Crippen molar-refractivity contribution >= 4 is 12.1 Å². The van der Waals surface area contributed by atoms with Gasteiger partial charge in [0, 0.05) is 6.54 Å². The number of hydrogen-bond donors (Lipinski definition) is 2. The Morgan fingerprint density at radius 2 is 2.00 bits per heavy atom. The Labute approximate surface area is 92.1 Å². The number of carbonyl (C=O) groups excluding carboxylic acids is 2. The van der Waals surface area contributed by atoms with Crippen LogP contribution in [-0.2, 0) is 16.0 Å². The lowest BCUT2D eigenvalue weighted by atomic mass is 10.1. The first-order valence-electron chi connectivity index (χ1n) is 4.52. The first-order chi connectivity index (χ1) is 7.63. The summed E-state index contributed by atoms with van der Waals surface area (Å²) in [5.74, 6) is -0.600. The minimum atomic E-state index is -0.997. The lowest BCUT2D eigenvalue weighted by molar-refractivity contribution is -0.00000745. The molecule has 16 heavy (non-hydrogen) atoms. The van der Waals surface area contributed by atoms with Crippen LogP contribution in [0.5, 0.6) is 0 Å². The van der Waals surface area contributed by atoms with E-state index in [0.29, 0.717) is 12.1 Å². The Bertz CT molecular complexity index is 392. The number of nitrogens with two attached hydrogens (primary N) is 2. The lowest BCUT2D eigenvalue weighted by Crippen LogP contribution is -2.17. The van der Waals surface area contributed by atoms with Crippen molar-refractivity contribution in [3.05, 3.63) is 35.4 Å². The molecule has 86 valence electrons. The SMILES string of the molecule is NCc1cccc(C(=O)OCOC(N)=O)c1. The summed E-state index contributed by atoms with van der Waals surface area (Å²) in [7, 11) is 0. The molecule has 0 aliphatic heterocycles. The quantitative estimate of drug-likeness (QED) is 0.567. The summed E-state index contributed by atoms with van der Waals surface area (Å²) in [6, 6.07) is 6.66. The Balaban J connectivity index is 2.55. The number of amides is 1. The Morgan fingerprint density at radius 3 is 2.62 bits per heavy atom. The minimum absolute atomic E-state index is 0.332. The number of benzene rings is 1. The molecule has 0 aromatic heterocycles. The average molecular weight is 224 g/mol. The lowest BCUT2D eigenvalue weighted by Gasteiger charge is -2.05. The Hall–Kier alpha value is -2.08. The molecule has 1 aromatic rings. The van der Waals surface area contributed by atoms with Crippen LogP contribution in [-0.4, -0.2) is 18.9 Å². The van der Waals surface area contributed by atoms with Gasteiger partial charge >= 0.3 is 12.1 Å². The molecule has 6 heteroatoms. The van der Waals surface area contributed by atoms with Gasteiger partial charge in [-0.05, 0) is 17.7 Å². The molecule has 4 N–H and O–H groups in total. The van der Waals surface area contributed by atoms with Gasteiger partial charge in [-0.15, -0.1) is 0 Å². The largest absolute Gasteiger partial charge is 0.424 e. The van der Waals surface area contributed by atoms with Crippen molar-refractivity contribution in [1.82, 2.24) is 0 Å². The van der Waals surface area contributed by atoms with Crippen molar-refractivity contribution < 1.29 is 19.1 Å². The first-order valence-corrected chi connectivity index (χ1v) is 4.52. The van der Waals surface area contributed by atoms with Gasteiger partial charge in [-0.3, -0.25) is 0 Å². The van der Waals surface area contributed by atoms with E-state index in [-0.39, 0.29) is 0 Å². The summed E-state index contributed by atoms with van der Waals surface area (Å²) in [6.07, 6.45) is -0.997. The highest BCUT2D eigenvalue weighted by molar-refractivity contribution is 5.89. The summed E-state index contributed by atoms with van der Waals surface area (Å²) < 4.78 is 8.90. The van der Waals surface area contributed by atoms with Crippen molar-refractivity contribution in [1.29, 1.82) is 0 Å². The number of rotatable bonds is 4. The molecule has 0 saturated heterocycles. The van der Waals surface area contributed by atoms with Gasteiger partial charge in [-0.2, -0.15) is 0 Å². The first kappa shape index (κ1) is 12.0. The van der Waals surface area contributed by atoms with Gasteiger partial charge < -0.3 is 20.9 Å². The maximum atomic E-state index is 11.4. The van der Waals surface area contributed by atoms with Gasteiger partial charge in [-0.25, -0.2) is 9.59 Å². The van der Waals surface area contributed by atoms with Gasteiger partial charge in [0.15, 0.2) is 0 Å². The van der Waals surface area contributed by atoms with Crippen molar-refractivity contribution in [3.63, 3.8) is 0 Å². The van der Waals surface area contributed by atoms with E-state index in [2.05, 4.69) is 9.47 Å². The summed E-state index contributed by atoms with van der Waals surface area (Å²) in [5, 5.41) is 0. The summed E-state index contributed by atoms with van der Waals surface area (Å²) in [4.78, 5) is 21.6. The fourth-order valence-corrected chi connectivity index (χ4v) is 1.05. The van der Waals surface area contributed by atoms with Gasteiger partial charge in [0.05, 0.1) is 5.56 Å². The zero-order valence-electron chi connectivity index (χ0n) is 8.51. The van der Waals surface area contributed by atoms with Crippen LogP contribution in [0, 0.1) is 0 Å². The van der Waals surface area contributed by atoms with E-state index >= 15 is 0 Å². The van der Waals surface area contributed by atoms with Gasteiger partial charge in [-0.1, -0.05) is 12.1 Å². The second-order valence-electron chi connectivity index (χ2n) is 2.92. The van der Waals surface area contributed by atoms with Crippen LogP contribution in [0.4, 0.5) is 4.79 Å². The monoisotopic (exact) mass is 224 g/mol. The summed E-state index contributed by atoms with van der Waals surface area (Å²) in [6.45, 7) is -0.167. The zero-order chi connectivity index (χ0) is 12.0. The number of primary amides is 1. The third-order valence-corrected chi connectivity index (χ3v) is 1.79. The van der Waals surface area contributed by atoms with E-state index < -0.39 is 18.9 Å². The van der Waals surface area contributed by atoms with E-state index in [1.165, 1.54) is 0 Å². The smallest absolute Gasteiger partial charge is 0.407 e. The van der Waals surface area contributed by atoms with Crippen LogP contribution in [0.15, 0.2) is 24.3 Å². The molecule has 0 aliphatic carbocycles. The summed E-state index contributed by atoms with van der Waals surface area (Å²) in [5.41, 5.74) is 11.3. The van der Waals surface area contributed by atoms with Crippen molar-refractivity contribution in [2.24, 2.45) is 11.5 Å². The molecule has 0 fully saturated rings. The molecular weight excluding hydrogens is 212 g/mol. The molecule has 1 rings (SSSR count). The molecule has 6 nitrogen and oxygen atoms in total. The van der Waals surface area contributed by atoms with Crippen LogP contribution in [0.1, 0.15) is 15.9 Å². The van der Waals surface area contributed by atoms with Crippen LogP contribution < -0.4 is 11.5 Å². The Kier molecular flexibility index (Phi) is 4.28. The molecule has 1 amide bonds. The van der Waals surface area contributed by atoms with Gasteiger partial charge in [0.2, 0.25) is 6.79 Å². The molecule has 0 atom stereocenters. The fourth-order valence-electron chi connectivity index (χ4n) is 1.05. The standard InChI is InChI=1S/C10H12N2O4/c11-5-7-2-1-3-8(4-7)9(13)15-6-16-10(12)14/h1-4H,5-6,11H2,(H2,12,14). The van der Waals surface area contributed by atoms with E-state index in [0.717, 1.165) is 5.56 Å². The number of hydrogen-bond acceptors (Lipinski definition) is 5. The molecule has 0 spiro atoms. The van der Waals surface area contributed by atoms with Gasteiger partial charge in [0.25, 0.3) is 0 Å². The second kappa shape index (κ2) is 5.72. The summed E-state index contributed by atoms with van der Waals surface area (Å²) >= 11 is 0. The molecule has 1 aromatic carbocycles. The highest BCUT2D eigenvalue weighted by atomic mass is 16.7. The van der Waals surface area contributed by atoms with Gasteiger partial charge in [0.1, 0.15) is 0 Å². The predicted octanol–water partition coefficient (Wildman–Crippen LogP) is 0.355. The second-order valence-corrected chi connectivity index (χ2v) is 2.92. The molecule has 0 saturated carbocycles. The van der Waals surface area contributed by atoms with Crippen LogP contribution in [0.3, 0.4) is 0 Å². The highest BCUT2D eigenvalue weighted by Crippen LogP contribution is 2.06. The molecular formula is C10H12N2O4. The van der Waals surface area contributed by atoms with Crippen LogP contribution in [0.25, 0.3) is 0 Å². The third-order valence-electron chi connectivity index (χ3n) is 1.79. The van der Waals surface area contributed by atoms with Crippen molar-refractivity contribution in [2.75, 3.05) is 6.79 Å².